The Morgan fingerprint density at radius 1 is 1.15 bits per heavy atom. The smallest absolute Gasteiger partial charge is 0.255 e. The van der Waals surface area contributed by atoms with Crippen molar-refractivity contribution in [3.05, 3.63) is 41.2 Å². The van der Waals surface area contributed by atoms with Crippen molar-refractivity contribution >= 4 is 5.91 Å². The molecule has 2 saturated heterocycles. The molecule has 2 fully saturated rings. The highest BCUT2D eigenvalue weighted by molar-refractivity contribution is 5.94. The fraction of sp³-hybridized carbons (Fsp3) is 0.600. The third kappa shape index (κ3) is 3.88. The van der Waals surface area contributed by atoms with E-state index in [1.807, 2.05) is 24.0 Å². The molecule has 27 heavy (non-hydrogen) atoms. The minimum atomic E-state index is 0.0617. The van der Waals surface area contributed by atoms with Crippen molar-refractivity contribution < 1.29 is 4.79 Å². The average Bonchev–Trinajstić information content (AvgIpc) is 3.33. The Labute approximate surface area is 160 Å². The van der Waals surface area contributed by atoms with Gasteiger partial charge in [-0.2, -0.15) is 0 Å². The number of likely N-dealkylation sites (tertiary alicyclic amines) is 2. The van der Waals surface area contributed by atoms with Gasteiger partial charge < -0.3 is 9.47 Å². The first-order valence-electron chi connectivity index (χ1n) is 9.94. The zero-order chi connectivity index (χ0) is 18.8. The van der Waals surface area contributed by atoms with E-state index in [9.17, 15) is 4.79 Å². The molecule has 2 aromatic rings. The second-order valence-electron chi connectivity index (χ2n) is 7.80. The number of aromatic nitrogens is 4. The van der Waals surface area contributed by atoms with Gasteiger partial charge in [0.15, 0.2) is 0 Å². The number of carbonyl (C=O) groups excluding carboxylic acids is 1. The fourth-order valence-electron chi connectivity index (χ4n) is 4.16. The van der Waals surface area contributed by atoms with Crippen LogP contribution in [0.3, 0.4) is 0 Å². The Bertz CT molecular complexity index is 793. The number of rotatable bonds is 4. The normalized spacial score (nSPS) is 21.0. The van der Waals surface area contributed by atoms with Crippen LogP contribution in [-0.2, 0) is 13.6 Å². The number of nitrogens with zero attached hydrogens (tertiary/aromatic N) is 6. The van der Waals surface area contributed by atoms with Gasteiger partial charge in [0.05, 0.1) is 12.1 Å². The van der Waals surface area contributed by atoms with Crippen LogP contribution in [0.4, 0.5) is 0 Å². The highest BCUT2D eigenvalue weighted by Gasteiger charge is 2.29. The van der Waals surface area contributed by atoms with Gasteiger partial charge in [0.1, 0.15) is 11.6 Å². The average molecular weight is 368 g/mol. The van der Waals surface area contributed by atoms with Gasteiger partial charge >= 0.3 is 0 Å². The highest BCUT2D eigenvalue weighted by atomic mass is 16.2. The highest BCUT2D eigenvalue weighted by Crippen LogP contribution is 2.27. The van der Waals surface area contributed by atoms with E-state index >= 15 is 0 Å². The standard InChI is InChI=1S/C20H28N6O/c1-15-7-8-16(12-21-15)20(27)26-11-5-6-17(13-26)19-23-22-18(24(19)2)14-25-9-3-4-10-25/h7-8,12,17H,3-6,9-11,13-14H2,1-2H3/t17-/m0/s1. The van der Waals surface area contributed by atoms with Gasteiger partial charge in [-0.25, -0.2) is 0 Å². The Balaban J connectivity index is 1.45. The molecule has 2 aromatic heterocycles. The Hall–Kier alpha value is -2.28. The van der Waals surface area contributed by atoms with Gasteiger partial charge in [-0.3, -0.25) is 14.7 Å². The summed E-state index contributed by atoms with van der Waals surface area (Å²) in [5.41, 5.74) is 1.58. The molecule has 0 aliphatic carbocycles. The lowest BCUT2D eigenvalue weighted by Crippen LogP contribution is -2.39. The van der Waals surface area contributed by atoms with Gasteiger partial charge in [0.2, 0.25) is 0 Å². The molecule has 4 rings (SSSR count). The van der Waals surface area contributed by atoms with E-state index in [2.05, 4.69) is 31.7 Å². The third-order valence-corrected chi connectivity index (χ3v) is 5.79. The summed E-state index contributed by atoms with van der Waals surface area (Å²) < 4.78 is 2.14. The third-order valence-electron chi connectivity index (χ3n) is 5.79. The van der Waals surface area contributed by atoms with Crippen LogP contribution in [0.15, 0.2) is 18.3 Å². The molecule has 0 radical (unpaired) electrons. The SMILES string of the molecule is Cc1ccc(C(=O)N2CCC[C@H](c3nnc(CN4CCCC4)n3C)C2)cn1. The number of amides is 1. The first kappa shape index (κ1) is 18.1. The molecule has 144 valence electrons. The molecule has 0 saturated carbocycles. The molecule has 4 heterocycles. The summed E-state index contributed by atoms with van der Waals surface area (Å²) in [6.45, 7) is 6.59. The number of pyridine rings is 1. The van der Waals surface area contributed by atoms with E-state index in [1.54, 1.807) is 6.20 Å². The molecular formula is C20H28N6O. The van der Waals surface area contributed by atoms with Crippen molar-refractivity contribution in [3.63, 3.8) is 0 Å². The first-order valence-corrected chi connectivity index (χ1v) is 9.94. The van der Waals surface area contributed by atoms with Crippen molar-refractivity contribution in [1.82, 2.24) is 29.5 Å². The maximum atomic E-state index is 12.8. The first-order chi connectivity index (χ1) is 13.1. The lowest BCUT2D eigenvalue weighted by molar-refractivity contribution is 0.0703. The fourth-order valence-corrected chi connectivity index (χ4v) is 4.16. The van der Waals surface area contributed by atoms with E-state index in [4.69, 9.17) is 0 Å². The van der Waals surface area contributed by atoms with Crippen LogP contribution in [0.2, 0.25) is 0 Å². The zero-order valence-corrected chi connectivity index (χ0v) is 16.3. The second kappa shape index (κ2) is 7.76. The van der Waals surface area contributed by atoms with Crippen molar-refractivity contribution in [2.24, 2.45) is 7.05 Å². The largest absolute Gasteiger partial charge is 0.338 e. The van der Waals surface area contributed by atoms with Gasteiger partial charge in [0, 0.05) is 37.9 Å². The van der Waals surface area contributed by atoms with Crippen LogP contribution >= 0.6 is 0 Å². The van der Waals surface area contributed by atoms with Crippen molar-refractivity contribution in [3.8, 4) is 0 Å². The van der Waals surface area contributed by atoms with E-state index in [0.29, 0.717) is 12.1 Å². The zero-order valence-electron chi connectivity index (χ0n) is 16.3. The van der Waals surface area contributed by atoms with E-state index in [0.717, 1.165) is 56.4 Å². The van der Waals surface area contributed by atoms with Crippen LogP contribution in [-0.4, -0.2) is 61.6 Å². The van der Waals surface area contributed by atoms with Crippen molar-refractivity contribution in [2.75, 3.05) is 26.2 Å². The van der Waals surface area contributed by atoms with Crippen LogP contribution in [0.1, 0.15) is 59.3 Å². The molecule has 0 aromatic carbocycles. The lowest BCUT2D eigenvalue weighted by Gasteiger charge is -2.32. The summed E-state index contributed by atoms with van der Waals surface area (Å²) in [7, 11) is 2.06. The summed E-state index contributed by atoms with van der Waals surface area (Å²) in [5.74, 6) is 2.33. The van der Waals surface area contributed by atoms with Gasteiger partial charge in [-0.15, -0.1) is 10.2 Å². The lowest BCUT2D eigenvalue weighted by atomic mass is 9.96. The maximum absolute atomic E-state index is 12.8. The molecule has 0 unspecified atom stereocenters. The number of hydrogen-bond acceptors (Lipinski definition) is 5. The second-order valence-corrected chi connectivity index (χ2v) is 7.80. The Kier molecular flexibility index (Phi) is 5.20. The van der Waals surface area contributed by atoms with Crippen molar-refractivity contribution in [2.45, 2.75) is 45.1 Å². The molecule has 2 aliphatic heterocycles. The van der Waals surface area contributed by atoms with Gasteiger partial charge in [0.25, 0.3) is 5.91 Å². The summed E-state index contributed by atoms with van der Waals surface area (Å²) >= 11 is 0. The number of piperidine rings is 1. The van der Waals surface area contributed by atoms with Crippen molar-refractivity contribution in [1.29, 1.82) is 0 Å². The van der Waals surface area contributed by atoms with Crippen LogP contribution < -0.4 is 0 Å². The number of hydrogen-bond donors (Lipinski definition) is 0. The quantitative estimate of drug-likeness (QED) is 0.827. The number of carbonyl (C=O) groups is 1. The maximum Gasteiger partial charge on any atom is 0.255 e. The molecule has 1 amide bonds. The summed E-state index contributed by atoms with van der Waals surface area (Å²) in [5, 5.41) is 8.95. The van der Waals surface area contributed by atoms with Gasteiger partial charge in [-0.05, 0) is 57.8 Å². The predicted molar refractivity (Wildman–Crippen MR) is 102 cm³/mol. The summed E-state index contributed by atoms with van der Waals surface area (Å²) in [6, 6.07) is 3.76. The molecule has 0 bridgehead atoms. The molecular weight excluding hydrogens is 340 g/mol. The van der Waals surface area contributed by atoms with E-state index < -0.39 is 0 Å². The topological polar surface area (TPSA) is 67.2 Å². The van der Waals surface area contributed by atoms with E-state index in [-0.39, 0.29) is 11.8 Å². The van der Waals surface area contributed by atoms with Crippen LogP contribution in [0.5, 0.6) is 0 Å². The minimum absolute atomic E-state index is 0.0617. The monoisotopic (exact) mass is 368 g/mol. The predicted octanol–water partition coefficient (Wildman–Crippen LogP) is 2.13. The molecule has 1 atom stereocenters. The van der Waals surface area contributed by atoms with Crippen LogP contribution in [0.25, 0.3) is 0 Å². The summed E-state index contributed by atoms with van der Waals surface area (Å²) in [6.07, 6.45) is 6.27. The Morgan fingerprint density at radius 2 is 1.96 bits per heavy atom. The molecule has 7 heteroatoms. The number of aryl methyl sites for hydroxylation is 1. The molecule has 0 spiro atoms. The molecule has 7 nitrogen and oxygen atoms in total. The van der Waals surface area contributed by atoms with Gasteiger partial charge in [-0.1, -0.05) is 0 Å². The Morgan fingerprint density at radius 3 is 2.70 bits per heavy atom. The van der Waals surface area contributed by atoms with Crippen LogP contribution in [0, 0.1) is 6.92 Å². The van der Waals surface area contributed by atoms with E-state index in [1.165, 1.54) is 12.8 Å². The molecule has 2 aliphatic rings. The minimum Gasteiger partial charge on any atom is -0.338 e. The molecule has 0 N–H and O–H groups in total. The summed E-state index contributed by atoms with van der Waals surface area (Å²) in [4.78, 5) is 21.5.